The zero-order valence-electron chi connectivity index (χ0n) is 22.3. The molecule has 0 aromatic heterocycles. The number of benzene rings is 1. The Morgan fingerprint density at radius 1 is 1.10 bits per heavy atom. The lowest BCUT2D eigenvalue weighted by Gasteiger charge is -2.36. The number of alkyl halides is 6. The molecule has 1 aliphatic carbocycles. The number of hydrogen-bond acceptors (Lipinski definition) is 6. The molecule has 0 radical (unpaired) electrons. The van der Waals surface area contributed by atoms with Crippen molar-refractivity contribution in [3.63, 3.8) is 0 Å². The number of unbranched alkanes of at least 4 members (excludes halogenated alkanes) is 1. The van der Waals surface area contributed by atoms with Crippen molar-refractivity contribution >= 4 is 11.9 Å². The highest BCUT2D eigenvalue weighted by Crippen LogP contribution is 2.50. The largest absolute Gasteiger partial charge is 0.493 e. The Labute approximate surface area is 231 Å². The fourth-order valence-electron chi connectivity index (χ4n) is 5.26. The van der Waals surface area contributed by atoms with Crippen molar-refractivity contribution in [2.45, 2.75) is 63.0 Å². The number of urea groups is 1. The molecule has 1 aromatic carbocycles. The summed E-state index contributed by atoms with van der Waals surface area (Å²) in [5, 5.41) is 12.4. The van der Waals surface area contributed by atoms with Crippen LogP contribution in [0.15, 0.2) is 41.9 Å². The second-order valence-corrected chi connectivity index (χ2v) is 10.1. The summed E-state index contributed by atoms with van der Waals surface area (Å²) >= 11 is 0. The number of carbonyl (C=O) groups excluding carboxylic acids is 2. The number of imide groups is 1. The van der Waals surface area contributed by atoms with Crippen LogP contribution in [0, 0.1) is 12.8 Å². The average Bonchev–Trinajstić information content (AvgIpc) is 3.16. The number of aryl methyl sites for hydroxylation is 1. The van der Waals surface area contributed by atoms with E-state index >= 15 is 0 Å². The minimum absolute atomic E-state index is 0.0190. The first kappa shape index (κ1) is 30.5. The van der Waals surface area contributed by atoms with Gasteiger partial charge in [-0.3, -0.25) is 9.69 Å². The van der Waals surface area contributed by atoms with Gasteiger partial charge in [-0.05, 0) is 50.0 Å². The summed E-state index contributed by atoms with van der Waals surface area (Å²) in [6.45, 7) is 4.01. The molecule has 4 rings (SSSR count). The van der Waals surface area contributed by atoms with E-state index in [9.17, 15) is 41.0 Å². The van der Waals surface area contributed by atoms with Crippen LogP contribution in [0.25, 0.3) is 0 Å². The van der Waals surface area contributed by atoms with Gasteiger partial charge < -0.3 is 24.6 Å². The summed E-state index contributed by atoms with van der Waals surface area (Å²) in [5.74, 6) is 0.588. The Balaban J connectivity index is 1.33. The maximum absolute atomic E-state index is 13.4. The third kappa shape index (κ3) is 5.45. The third-order valence-electron chi connectivity index (χ3n) is 7.62. The highest BCUT2D eigenvalue weighted by Gasteiger charge is 2.71. The number of nitrogens with one attached hydrogen (secondary N) is 1. The molecule has 1 saturated heterocycles. The van der Waals surface area contributed by atoms with Gasteiger partial charge in [0, 0.05) is 24.4 Å². The van der Waals surface area contributed by atoms with Crippen LogP contribution in [0.4, 0.5) is 31.1 Å². The fraction of sp³-hybridized carbons (Fsp3) is 0.556. The molecule has 2 heterocycles. The first-order valence-corrected chi connectivity index (χ1v) is 13.1. The number of carbonyl (C=O) groups is 2. The van der Waals surface area contributed by atoms with Crippen LogP contribution >= 0.6 is 0 Å². The summed E-state index contributed by atoms with van der Waals surface area (Å²) in [7, 11) is 0. The van der Waals surface area contributed by atoms with E-state index in [-0.39, 0.29) is 36.3 Å². The number of halogens is 6. The zero-order chi connectivity index (χ0) is 30.2. The van der Waals surface area contributed by atoms with E-state index in [1.165, 1.54) is 6.92 Å². The van der Waals surface area contributed by atoms with Crippen LogP contribution in [0.1, 0.15) is 43.7 Å². The van der Waals surface area contributed by atoms with Crippen molar-refractivity contribution in [2.75, 3.05) is 26.4 Å². The van der Waals surface area contributed by atoms with Crippen molar-refractivity contribution in [1.82, 2.24) is 10.2 Å². The number of nitrogens with zero attached hydrogens (tertiary/aromatic N) is 1. The molecule has 14 heteroatoms. The van der Waals surface area contributed by atoms with Crippen molar-refractivity contribution in [2.24, 2.45) is 5.92 Å². The van der Waals surface area contributed by atoms with E-state index in [4.69, 9.17) is 14.2 Å². The smallest absolute Gasteiger partial charge is 0.430 e. The molecule has 41 heavy (non-hydrogen) atoms. The van der Waals surface area contributed by atoms with Crippen molar-refractivity contribution < 1.29 is 55.2 Å². The number of hydrogen-bond donors (Lipinski definition) is 2. The predicted octanol–water partition coefficient (Wildman–Crippen LogP) is 5.00. The van der Waals surface area contributed by atoms with Gasteiger partial charge in [0.25, 0.3) is 11.5 Å². The minimum atomic E-state index is -5.99. The van der Waals surface area contributed by atoms with E-state index in [1.54, 1.807) is 6.08 Å². The first-order valence-electron chi connectivity index (χ1n) is 13.1. The molecular weight excluding hydrogens is 562 g/mol. The molecule has 2 aliphatic heterocycles. The predicted molar refractivity (Wildman–Crippen MR) is 131 cm³/mol. The van der Waals surface area contributed by atoms with Crippen molar-refractivity contribution in [1.29, 1.82) is 0 Å². The van der Waals surface area contributed by atoms with Gasteiger partial charge in [-0.25, -0.2) is 4.79 Å². The lowest BCUT2D eigenvalue weighted by molar-refractivity contribution is -0.376. The maximum atomic E-state index is 13.4. The standard InChI is InChI=1S/C27H30F6N2O6/c1-3-24(17-6-9-20-21(15-17)41-13-12-40-20)22(36)35(23(37)34-24)10-4-5-11-39-19-8-7-18(14-16(19)2)25(38,26(28,29)30)27(31,32)33/h6-9,14,17,38H,3-5,10-13,15H2,1-2H3,(H,34,37). The fourth-order valence-corrected chi connectivity index (χ4v) is 5.26. The van der Waals surface area contributed by atoms with Crippen LogP contribution in [-0.4, -0.2) is 66.2 Å². The summed E-state index contributed by atoms with van der Waals surface area (Å²) in [4.78, 5) is 27.3. The lowest BCUT2D eigenvalue weighted by Crippen LogP contribution is -2.53. The number of allylic oxidation sites excluding steroid dienone is 2. The molecular formula is C27H30F6N2O6. The molecule has 3 aliphatic rings. The summed E-state index contributed by atoms with van der Waals surface area (Å²) < 4.78 is 95.7. The van der Waals surface area contributed by atoms with Gasteiger partial charge in [-0.15, -0.1) is 0 Å². The maximum Gasteiger partial charge on any atom is 0.430 e. The molecule has 1 fully saturated rings. The number of aliphatic hydroxyl groups is 1. The van der Waals surface area contributed by atoms with E-state index in [2.05, 4.69) is 5.32 Å². The molecule has 1 aromatic rings. The molecule has 0 bridgehead atoms. The Hall–Kier alpha value is -3.42. The first-order chi connectivity index (χ1) is 19.2. The van der Waals surface area contributed by atoms with Gasteiger partial charge in [0.1, 0.15) is 30.3 Å². The summed E-state index contributed by atoms with van der Waals surface area (Å²) in [6.07, 6.45) is -6.97. The molecule has 2 atom stereocenters. The Morgan fingerprint density at radius 3 is 2.41 bits per heavy atom. The van der Waals surface area contributed by atoms with Crippen LogP contribution in [-0.2, 0) is 19.9 Å². The van der Waals surface area contributed by atoms with E-state index in [0.717, 1.165) is 11.0 Å². The third-order valence-corrected chi connectivity index (χ3v) is 7.62. The molecule has 2 unspecified atom stereocenters. The zero-order valence-corrected chi connectivity index (χ0v) is 22.3. The topological polar surface area (TPSA) is 97.3 Å². The van der Waals surface area contributed by atoms with Gasteiger partial charge >= 0.3 is 18.4 Å². The second-order valence-electron chi connectivity index (χ2n) is 10.1. The average molecular weight is 593 g/mol. The van der Waals surface area contributed by atoms with Gasteiger partial charge in [0.2, 0.25) is 0 Å². The number of rotatable bonds is 9. The number of ether oxygens (including phenoxy) is 3. The quantitative estimate of drug-likeness (QED) is 0.238. The molecule has 0 spiro atoms. The van der Waals surface area contributed by atoms with Gasteiger partial charge in [0.05, 0.1) is 6.61 Å². The summed E-state index contributed by atoms with van der Waals surface area (Å²) in [6, 6.07) is 1.50. The highest BCUT2D eigenvalue weighted by atomic mass is 19.4. The SMILES string of the molecule is CCC1(C2C=CC3=C(C2)OCCO3)NC(=O)N(CCCCOc2ccc(C(O)(C(F)(F)F)C(F)(F)F)cc2C)C1=O. The second kappa shape index (κ2) is 11.1. The number of amides is 3. The Morgan fingerprint density at radius 2 is 1.78 bits per heavy atom. The van der Waals surface area contributed by atoms with Gasteiger partial charge in [0.15, 0.2) is 5.76 Å². The lowest BCUT2D eigenvalue weighted by atomic mass is 9.77. The van der Waals surface area contributed by atoms with Crippen LogP contribution < -0.4 is 10.1 Å². The van der Waals surface area contributed by atoms with E-state index < -0.39 is 35.1 Å². The molecule has 0 saturated carbocycles. The van der Waals surface area contributed by atoms with Gasteiger partial charge in [-0.1, -0.05) is 19.1 Å². The molecule has 3 amide bonds. The van der Waals surface area contributed by atoms with Crippen LogP contribution in [0.3, 0.4) is 0 Å². The minimum Gasteiger partial charge on any atom is -0.493 e. The van der Waals surface area contributed by atoms with Gasteiger partial charge in [-0.2, -0.15) is 26.3 Å². The van der Waals surface area contributed by atoms with Crippen molar-refractivity contribution in [3.05, 3.63) is 53.0 Å². The summed E-state index contributed by atoms with van der Waals surface area (Å²) in [5.41, 5.74) is -7.58. The molecule has 226 valence electrons. The Bertz CT molecular complexity index is 1230. The van der Waals surface area contributed by atoms with E-state index in [0.29, 0.717) is 62.5 Å². The molecule has 8 nitrogen and oxygen atoms in total. The van der Waals surface area contributed by atoms with Crippen LogP contribution in [0.5, 0.6) is 5.75 Å². The van der Waals surface area contributed by atoms with E-state index in [1.807, 2.05) is 13.0 Å². The monoisotopic (exact) mass is 592 g/mol. The normalized spacial score (nSPS) is 23.2. The highest BCUT2D eigenvalue weighted by molar-refractivity contribution is 6.07. The Kier molecular flexibility index (Phi) is 8.27. The molecule has 2 N–H and O–H groups in total. The van der Waals surface area contributed by atoms with Crippen molar-refractivity contribution in [3.8, 4) is 5.75 Å². The van der Waals surface area contributed by atoms with Crippen LogP contribution in [0.2, 0.25) is 0 Å².